The smallest absolute Gasteiger partial charge is 0.409 e. The molecule has 7 heteroatoms. The molecule has 0 unspecified atom stereocenters. The summed E-state index contributed by atoms with van der Waals surface area (Å²) in [6.07, 6.45) is -0.355. The van der Waals surface area contributed by atoms with E-state index in [2.05, 4.69) is 10.2 Å². The number of nitrogens with zero attached hydrogens (tertiary/aromatic N) is 2. The monoisotopic (exact) mass is 323 g/mol. The summed E-state index contributed by atoms with van der Waals surface area (Å²) in [5, 5.41) is 3.20. The third-order valence-electron chi connectivity index (χ3n) is 4.13. The molecule has 2 heterocycles. The molecule has 0 spiro atoms. The number of carbonyl (C=O) groups is 1. The Morgan fingerprint density at radius 1 is 1.26 bits per heavy atom. The summed E-state index contributed by atoms with van der Waals surface area (Å²) in [5.41, 5.74) is 0.973. The molecule has 1 aromatic carbocycles. The van der Waals surface area contributed by atoms with Gasteiger partial charge in [0.25, 0.3) is 0 Å². The molecule has 0 radical (unpaired) electrons. The number of hydrogen-bond donors (Lipinski definition) is 1. The highest BCUT2D eigenvalue weighted by atomic mass is 19.1. The molecular weight excluding hydrogens is 301 g/mol. The topological polar surface area (TPSA) is 54.0 Å². The zero-order chi connectivity index (χ0) is 16.1. The van der Waals surface area contributed by atoms with Crippen LogP contribution in [0.3, 0.4) is 0 Å². The van der Waals surface area contributed by atoms with Gasteiger partial charge < -0.3 is 24.6 Å². The Balaban J connectivity index is 1.42. The molecule has 1 N–H and O–H groups in total. The third kappa shape index (κ3) is 4.33. The van der Waals surface area contributed by atoms with Crippen LogP contribution in [0.2, 0.25) is 0 Å². The Hall–Kier alpha value is -1.86. The Labute approximate surface area is 135 Å². The van der Waals surface area contributed by atoms with E-state index in [1.165, 1.54) is 12.1 Å². The van der Waals surface area contributed by atoms with Crippen LogP contribution in [-0.2, 0) is 9.47 Å². The van der Waals surface area contributed by atoms with Crippen LogP contribution in [0, 0.1) is 5.82 Å². The molecule has 0 aliphatic carbocycles. The molecule has 0 aromatic heterocycles. The molecule has 126 valence electrons. The molecule has 1 aromatic rings. The van der Waals surface area contributed by atoms with E-state index in [0.717, 1.165) is 12.2 Å². The maximum Gasteiger partial charge on any atom is 0.409 e. The summed E-state index contributed by atoms with van der Waals surface area (Å²) in [6.45, 7) is 5.11. The first-order chi connectivity index (χ1) is 11.2. The predicted molar refractivity (Wildman–Crippen MR) is 84.1 cm³/mol. The van der Waals surface area contributed by atoms with Crippen molar-refractivity contribution in [3.8, 4) is 0 Å². The zero-order valence-electron chi connectivity index (χ0n) is 13.0. The van der Waals surface area contributed by atoms with Crippen molar-refractivity contribution >= 4 is 11.8 Å². The van der Waals surface area contributed by atoms with E-state index in [1.807, 2.05) is 0 Å². The minimum Gasteiger partial charge on any atom is -0.447 e. The van der Waals surface area contributed by atoms with Gasteiger partial charge in [-0.3, -0.25) is 0 Å². The Morgan fingerprint density at radius 3 is 2.65 bits per heavy atom. The van der Waals surface area contributed by atoms with Gasteiger partial charge in [-0.2, -0.15) is 0 Å². The fourth-order valence-corrected chi connectivity index (χ4v) is 2.78. The molecule has 2 aliphatic heterocycles. The summed E-state index contributed by atoms with van der Waals surface area (Å²) in [6, 6.07) is 6.43. The number of piperazine rings is 1. The van der Waals surface area contributed by atoms with E-state index in [1.54, 1.807) is 17.0 Å². The fraction of sp³-hybridized carbons (Fsp3) is 0.562. The number of morpholine rings is 1. The van der Waals surface area contributed by atoms with E-state index in [-0.39, 0.29) is 24.6 Å². The average Bonchev–Trinajstić information content (AvgIpc) is 2.61. The predicted octanol–water partition coefficient (Wildman–Crippen LogP) is 1.07. The van der Waals surface area contributed by atoms with Crippen LogP contribution in [-0.4, -0.2) is 69.6 Å². The first-order valence-corrected chi connectivity index (χ1v) is 7.97. The highest BCUT2D eigenvalue weighted by Crippen LogP contribution is 2.17. The molecule has 2 saturated heterocycles. The number of halogens is 1. The van der Waals surface area contributed by atoms with Gasteiger partial charge in [-0.05, 0) is 24.3 Å². The summed E-state index contributed by atoms with van der Waals surface area (Å²) in [4.78, 5) is 15.9. The van der Waals surface area contributed by atoms with Crippen molar-refractivity contribution in [2.24, 2.45) is 0 Å². The highest BCUT2D eigenvalue weighted by Gasteiger charge is 2.24. The van der Waals surface area contributed by atoms with Crippen LogP contribution in [0.4, 0.5) is 14.9 Å². The summed E-state index contributed by atoms with van der Waals surface area (Å²) in [7, 11) is 0. The zero-order valence-corrected chi connectivity index (χ0v) is 13.0. The van der Waals surface area contributed by atoms with Gasteiger partial charge in [-0.1, -0.05) is 0 Å². The van der Waals surface area contributed by atoms with Gasteiger partial charge in [-0.15, -0.1) is 0 Å². The number of anilines is 1. The van der Waals surface area contributed by atoms with Gasteiger partial charge >= 0.3 is 6.09 Å². The molecule has 2 aliphatic rings. The van der Waals surface area contributed by atoms with Gasteiger partial charge in [0.2, 0.25) is 0 Å². The number of benzene rings is 1. The molecule has 6 nitrogen and oxygen atoms in total. The first-order valence-electron chi connectivity index (χ1n) is 7.97. The van der Waals surface area contributed by atoms with Crippen molar-refractivity contribution in [1.82, 2.24) is 10.2 Å². The molecule has 1 amide bonds. The molecule has 1 atom stereocenters. The molecular formula is C16H22FN3O3. The highest BCUT2D eigenvalue weighted by molar-refractivity contribution is 5.68. The van der Waals surface area contributed by atoms with E-state index in [0.29, 0.717) is 39.3 Å². The van der Waals surface area contributed by atoms with E-state index < -0.39 is 0 Å². The van der Waals surface area contributed by atoms with Crippen LogP contribution in [0.5, 0.6) is 0 Å². The minimum atomic E-state index is -0.294. The lowest BCUT2D eigenvalue weighted by Gasteiger charge is -2.35. The fourth-order valence-electron chi connectivity index (χ4n) is 2.78. The van der Waals surface area contributed by atoms with E-state index in [9.17, 15) is 9.18 Å². The van der Waals surface area contributed by atoms with E-state index >= 15 is 0 Å². The lowest BCUT2D eigenvalue weighted by atomic mass is 10.2. The van der Waals surface area contributed by atoms with Crippen LogP contribution in [0.15, 0.2) is 24.3 Å². The second kappa shape index (κ2) is 7.61. The summed E-state index contributed by atoms with van der Waals surface area (Å²) < 4.78 is 23.8. The Morgan fingerprint density at radius 2 is 2.00 bits per heavy atom. The van der Waals surface area contributed by atoms with Crippen molar-refractivity contribution in [3.63, 3.8) is 0 Å². The van der Waals surface area contributed by atoms with Gasteiger partial charge in [0.15, 0.2) is 0 Å². The normalized spacial score (nSPS) is 22.0. The molecule has 0 saturated carbocycles. The molecule has 23 heavy (non-hydrogen) atoms. The van der Waals surface area contributed by atoms with Crippen LogP contribution in [0.1, 0.15) is 0 Å². The summed E-state index contributed by atoms with van der Waals surface area (Å²) in [5.74, 6) is -0.240. The van der Waals surface area contributed by atoms with Crippen LogP contribution < -0.4 is 10.2 Å². The van der Waals surface area contributed by atoms with Gasteiger partial charge in [0, 0.05) is 45.0 Å². The van der Waals surface area contributed by atoms with Crippen LogP contribution in [0.25, 0.3) is 0 Å². The Bertz CT molecular complexity index is 512. The largest absolute Gasteiger partial charge is 0.447 e. The lowest BCUT2D eigenvalue weighted by Crippen LogP contribution is -2.49. The summed E-state index contributed by atoms with van der Waals surface area (Å²) >= 11 is 0. The molecule has 0 bridgehead atoms. The van der Waals surface area contributed by atoms with Gasteiger partial charge in [-0.25, -0.2) is 9.18 Å². The first kappa shape index (κ1) is 16.0. The molecule has 3 rings (SSSR count). The Kier molecular flexibility index (Phi) is 5.30. The number of amides is 1. The second-order valence-electron chi connectivity index (χ2n) is 5.72. The number of nitrogens with one attached hydrogen (secondary N) is 1. The SMILES string of the molecule is O=C(OC[C@@H]1CNCCO1)N1CCN(c2ccc(F)cc2)CC1. The van der Waals surface area contributed by atoms with Crippen molar-refractivity contribution in [2.45, 2.75) is 6.10 Å². The third-order valence-corrected chi connectivity index (χ3v) is 4.13. The van der Waals surface area contributed by atoms with Crippen LogP contribution >= 0.6 is 0 Å². The maximum absolute atomic E-state index is 13.0. The number of rotatable bonds is 3. The van der Waals surface area contributed by atoms with Crippen molar-refractivity contribution in [1.29, 1.82) is 0 Å². The van der Waals surface area contributed by atoms with Gasteiger partial charge in [0.1, 0.15) is 18.5 Å². The standard InChI is InChI=1S/C16H22FN3O3/c17-13-1-3-14(4-2-13)19-6-8-20(9-7-19)16(21)23-12-15-11-18-5-10-22-15/h1-4,15,18H,5-12H2/t15-/m0/s1. The minimum absolute atomic E-state index is 0.0618. The number of hydrogen-bond acceptors (Lipinski definition) is 5. The number of ether oxygens (including phenoxy) is 2. The number of carbonyl (C=O) groups excluding carboxylic acids is 1. The van der Waals surface area contributed by atoms with Gasteiger partial charge in [0.05, 0.1) is 6.61 Å². The van der Waals surface area contributed by atoms with Crippen molar-refractivity contribution in [2.75, 3.05) is 57.4 Å². The van der Waals surface area contributed by atoms with E-state index in [4.69, 9.17) is 9.47 Å². The van der Waals surface area contributed by atoms with Crippen molar-refractivity contribution in [3.05, 3.63) is 30.1 Å². The molecule has 2 fully saturated rings. The maximum atomic E-state index is 13.0. The lowest BCUT2D eigenvalue weighted by molar-refractivity contribution is -0.0186. The average molecular weight is 323 g/mol. The quantitative estimate of drug-likeness (QED) is 0.902. The van der Waals surface area contributed by atoms with Crippen molar-refractivity contribution < 1.29 is 18.7 Å². The second-order valence-corrected chi connectivity index (χ2v) is 5.72.